The van der Waals surface area contributed by atoms with Crippen LogP contribution in [0.1, 0.15) is 54.5 Å². The van der Waals surface area contributed by atoms with Crippen molar-refractivity contribution < 1.29 is 9.63 Å². The fourth-order valence-corrected chi connectivity index (χ4v) is 4.60. The number of rotatable bonds is 4. The zero-order chi connectivity index (χ0) is 17.9. The number of oxime groups is 1. The van der Waals surface area contributed by atoms with E-state index in [1.54, 1.807) is 11.3 Å². The van der Waals surface area contributed by atoms with Gasteiger partial charge in [0, 0.05) is 30.8 Å². The van der Waals surface area contributed by atoms with Gasteiger partial charge in [-0.2, -0.15) is 0 Å². The fraction of sp³-hybridized carbons (Fsp3) is 0.450. The average Bonchev–Trinajstić information content (AvgIpc) is 3.38. The second kappa shape index (κ2) is 7.58. The lowest BCUT2D eigenvalue weighted by atomic mass is 9.97. The molecule has 1 aromatic heterocycles. The van der Waals surface area contributed by atoms with Gasteiger partial charge in [0.2, 0.25) is 0 Å². The molecule has 0 saturated carbocycles. The molecule has 1 saturated heterocycles. The summed E-state index contributed by atoms with van der Waals surface area (Å²) in [6.07, 6.45) is 3.45. The van der Waals surface area contributed by atoms with Crippen molar-refractivity contribution in [3.63, 3.8) is 0 Å². The quantitative estimate of drug-likeness (QED) is 0.820. The maximum absolute atomic E-state index is 12.9. The third-order valence-electron chi connectivity index (χ3n) is 5.08. The van der Waals surface area contributed by atoms with Crippen LogP contribution in [0.4, 0.5) is 0 Å². The largest absolute Gasteiger partial charge is 0.387 e. The molecule has 2 aromatic rings. The number of thiazole rings is 1. The van der Waals surface area contributed by atoms with Crippen LogP contribution in [0.3, 0.4) is 0 Å². The first-order valence-corrected chi connectivity index (χ1v) is 10.1. The lowest BCUT2D eigenvalue weighted by molar-refractivity contribution is -0.125. The smallest absolute Gasteiger partial charge is 0.271 e. The molecule has 26 heavy (non-hydrogen) atoms. The fourth-order valence-electron chi connectivity index (χ4n) is 3.57. The Morgan fingerprint density at radius 1 is 1.35 bits per heavy atom. The first kappa shape index (κ1) is 17.2. The molecule has 2 aliphatic heterocycles. The Labute approximate surface area is 157 Å². The van der Waals surface area contributed by atoms with E-state index >= 15 is 0 Å². The van der Waals surface area contributed by atoms with Crippen molar-refractivity contribution in [3.8, 4) is 0 Å². The predicted octanol–water partition coefficient (Wildman–Crippen LogP) is 3.93. The molecule has 1 fully saturated rings. The lowest BCUT2D eigenvalue weighted by Gasteiger charge is -2.31. The normalized spacial score (nSPS) is 22.8. The van der Waals surface area contributed by atoms with E-state index in [1.165, 1.54) is 0 Å². The van der Waals surface area contributed by atoms with E-state index in [9.17, 15) is 4.79 Å². The molecule has 1 aromatic carbocycles. The molecule has 0 radical (unpaired) electrons. The van der Waals surface area contributed by atoms with Crippen molar-refractivity contribution >= 4 is 23.0 Å². The summed E-state index contributed by atoms with van der Waals surface area (Å²) in [5.74, 6) is 0.353. The number of hydrogen-bond donors (Lipinski definition) is 0. The summed E-state index contributed by atoms with van der Waals surface area (Å²) >= 11 is 1.72. The highest BCUT2D eigenvalue weighted by molar-refractivity contribution is 7.09. The van der Waals surface area contributed by atoms with Crippen LogP contribution in [0.5, 0.6) is 0 Å². The molecule has 2 atom stereocenters. The molecule has 0 bridgehead atoms. The monoisotopic (exact) mass is 369 g/mol. The minimum atomic E-state index is -0.151. The number of hydrogen-bond acceptors (Lipinski definition) is 5. The first-order valence-electron chi connectivity index (χ1n) is 9.25. The molecule has 5 nitrogen and oxygen atoms in total. The predicted molar refractivity (Wildman–Crippen MR) is 102 cm³/mol. The number of carbonyl (C=O) groups is 1. The van der Waals surface area contributed by atoms with Gasteiger partial charge in [0.1, 0.15) is 5.71 Å². The van der Waals surface area contributed by atoms with Crippen LogP contribution < -0.4 is 0 Å². The Balaban J connectivity index is 1.40. The Morgan fingerprint density at radius 2 is 2.19 bits per heavy atom. The number of aryl methyl sites for hydroxylation is 1. The van der Waals surface area contributed by atoms with Crippen molar-refractivity contribution in [2.24, 2.45) is 5.16 Å². The number of aromatic nitrogens is 1. The summed E-state index contributed by atoms with van der Waals surface area (Å²) in [4.78, 5) is 25.1. The number of piperidine rings is 1. The second-order valence-electron chi connectivity index (χ2n) is 6.87. The van der Waals surface area contributed by atoms with Crippen LogP contribution in [-0.2, 0) is 16.1 Å². The molecule has 0 aliphatic carbocycles. The van der Waals surface area contributed by atoms with E-state index < -0.39 is 0 Å². The highest BCUT2D eigenvalue weighted by atomic mass is 32.1. The summed E-state index contributed by atoms with van der Waals surface area (Å²) in [5.41, 5.74) is 2.74. The van der Waals surface area contributed by atoms with E-state index in [1.807, 2.05) is 35.2 Å². The summed E-state index contributed by atoms with van der Waals surface area (Å²) in [6.45, 7) is 3.64. The number of benzene rings is 1. The summed E-state index contributed by atoms with van der Waals surface area (Å²) < 4.78 is 0. The van der Waals surface area contributed by atoms with Crippen LogP contribution in [0, 0.1) is 0 Å². The topological polar surface area (TPSA) is 54.8 Å². The van der Waals surface area contributed by atoms with Crippen LogP contribution in [-0.4, -0.2) is 34.6 Å². The van der Waals surface area contributed by atoms with E-state index in [2.05, 4.69) is 17.5 Å². The number of likely N-dealkylation sites (tertiary alicyclic amines) is 1. The third-order valence-corrected chi connectivity index (χ3v) is 6.13. The molecule has 2 unspecified atom stereocenters. The van der Waals surface area contributed by atoms with Gasteiger partial charge in [0.25, 0.3) is 5.91 Å². The van der Waals surface area contributed by atoms with Crippen molar-refractivity contribution in [1.29, 1.82) is 0 Å². The van der Waals surface area contributed by atoms with E-state index in [0.29, 0.717) is 18.1 Å². The number of carbonyl (C=O) groups excluding carboxylic acids is 1. The molecule has 1 amide bonds. The van der Waals surface area contributed by atoms with Crippen molar-refractivity contribution in [3.05, 3.63) is 52.0 Å². The van der Waals surface area contributed by atoms with Crippen LogP contribution in [0.25, 0.3) is 0 Å². The standard InChI is InChI=1S/C20H23N3O2S/c1-2-16-13-26-19(21-16)15-9-6-10-23(12-15)20(24)17-11-18(25-22-17)14-7-4-3-5-8-14/h3-5,7-8,13,15,18H,2,6,9-12H2,1H3. The summed E-state index contributed by atoms with van der Waals surface area (Å²) in [6, 6.07) is 9.96. The van der Waals surface area contributed by atoms with Crippen LogP contribution in [0.15, 0.2) is 40.9 Å². The van der Waals surface area contributed by atoms with Crippen LogP contribution >= 0.6 is 11.3 Å². The summed E-state index contributed by atoms with van der Waals surface area (Å²) in [5, 5.41) is 7.39. The van der Waals surface area contributed by atoms with E-state index in [4.69, 9.17) is 9.82 Å². The van der Waals surface area contributed by atoms with Gasteiger partial charge in [0.15, 0.2) is 6.10 Å². The van der Waals surface area contributed by atoms with Gasteiger partial charge in [-0.1, -0.05) is 42.4 Å². The summed E-state index contributed by atoms with van der Waals surface area (Å²) in [7, 11) is 0. The number of nitrogens with zero attached hydrogens (tertiary/aromatic N) is 3. The molecule has 4 rings (SSSR count). The third kappa shape index (κ3) is 3.51. The number of amides is 1. The molecule has 0 N–H and O–H groups in total. The van der Waals surface area contributed by atoms with Gasteiger partial charge in [-0.15, -0.1) is 11.3 Å². The molecular weight excluding hydrogens is 346 g/mol. The highest BCUT2D eigenvalue weighted by Crippen LogP contribution is 2.31. The van der Waals surface area contributed by atoms with Crippen molar-refractivity contribution in [2.45, 2.75) is 44.6 Å². The van der Waals surface area contributed by atoms with Crippen molar-refractivity contribution in [2.75, 3.05) is 13.1 Å². The van der Waals surface area contributed by atoms with Crippen LogP contribution in [0.2, 0.25) is 0 Å². The van der Waals surface area contributed by atoms with Gasteiger partial charge < -0.3 is 9.74 Å². The Morgan fingerprint density at radius 3 is 2.96 bits per heavy atom. The Kier molecular flexibility index (Phi) is 5.02. The molecule has 3 heterocycles. The van der Waals surface area contributed by atoms with Gasteiger partial charge in [-0.05, 0) is 24.8 Å². The minimum absolute atomic E-state index is 0.0143. The van der Waals surface area contributed by atoms with Gasteiger partial charge in [-0.3, -0.25) is 4.79 Å². The zero-order valence-electron chi connectivity index (χ0n) is 14.9. The average molecular weight is 369 g/mol. The van der Waals surface area contributed by atoms with Gasteiger partial charge >= 0.3 is 0 Å². The minimum Gasteiger partial charge on any atom is -0.387 e. The molecule has 2 aliphatic rings. The maximum atomic E-state index is 12.9. The maximum Gasteiger partial charge on any atom is 0.271 e. The van der Waals surface area contributed by atoms with E-state index in [-0.39, 0.29) is 12.0 Å². The lowest BCUT2D eigenvalue weighted by Crippen LogP contribution is -2.42. The first-order chi connectivity index (χ1) is 12.7. The molecule has 136 valence electrons. The van der Waals surface area contributed by atoms with Gasteiger partial charge in [0.05, 0.1) is 10.7 Å². The van der Waals surface area contributed by atoms with E-state index in [0.717, 1.165) is 48.6 Å². The van der Waals surface area contributed by atoms with Crippen molar-refractivity contribution in [1.82, 2.24) is 9.88 Å². The Bertz CT molecular complexity index is 802. The highest BCUT2D eigenvalue weighted by Gasteiger charge is 2.33. The Hall–Kier alpha value is -2.21. The second-order valence-corrected chi connectivity index (χ2v) is 7.76. The van der Waals surface area contributed by atoms with Gasteiger partial charge in [-0.25, -0.2) is 4.98 Å². The zero-order valence-corrected chi connectivity index (χ0v) is 15.7. The molecule has 0 spiro atoms. The molecule has 6 heteroatoms. The SMILES string of the molecule is CCc1csc(C2CCCN(C(=O)C3=NOC(c4ccccc4)C3)C2)n1. The molecular formula is C20H23N3O2S.